The van der Waals surface area contributed by atoms with E-state index in [1.165, 1.54) is 0 Å². The van der Waals surface area contributed by atoms with E-state index in [0.717, 1.165) is 60.0 Å². The highest BCUT2D eigenvalue weighted by Gasteiger charge is 2.29. The fourth-order valence-corrected chi connectivity index (χ4v) is 4.19. The summed E-state index contributed by atoms with van der Waals surface area (Å²) in [6, 6.07) is 16.4. The number of methoxy groups -OCH3 is 1. The molecule has 1 aliphatic heterocycles. The van der Waals surface area contributed by atoms with Crippen LogP contribution in [-0.2, 0) is 6.54 Å². The Labute approximate surface area is 175 Å². The van der Waals surface area contributed by atoms with Crippen molar-refractivity contribution in [2.24, 2.45) is 0 Å². The lowest BCUT2D eigenvalue weighted by atomic mass is 10.0. The van der Waals surface area contributed by atoms with E-state index < -0.39 is 0 Å². The van der Waals surface area contributed by atoms with Crippen LogP contribution in [0.5, 0.6) is 5.75 Å². The molecule has 4 heterocycles. The molecule has 0 bridgehead atoms. The molecule has 1 aromatic carbocycles. The van der Waals surface area contributed by atoms with E-state index in [2.05, 4.69) is 45.4 Å². The van der Waals surface area contributed by atoms with Gasteiger partial charge in [-0.2, -0.15) is 0 Å². The molecular weight excluding hydrogens is 378 g/mol. The van der Waals surface area contributed by atoms with E-state index in [-0.39, 0.29) is 6.04 Å². The summed E-state index contributed by atoms with van der Waals surface area (Å²) in [4.78, 5) is 4.77. The van der Waals surface area contributed by atoms with Gasteiger partial charge in [0.15, 0.2) is 0 Å². The Bertz CT molecular complexity index is 1140. The molecule has 1 fully saturated rings. The van der Waals surface area contributed by atoms with Gasteiger partial charge in [-0.3, -0.25) is 9.80 Å². The number of likely N-dealkylation sites (N-methyl/N-ethyl adjacent to an activating group) is 1. The third kappa shape index (κ3) is 3.46. The second-order valence-corrected chi connectivity index (χ2v) is 7.73. The molecule has 1 unspecified atom stereocenters. The van der Waals surface area contributed by atoms with Crippen LogP contribution in [0.1, 0.15) is 17.5 Å². The molecule has 0 amide bonds. The molecule has 0 spiro atoms. The molecule has 0 aliphatic carbocycles. The minimum Gasteiger partial charge on any atom is -0.496 e. The predicted octanol–water partition coefficient (Wildman–Crippen LogP) is 3.49. The van der Waals surface area contributed by atoms with Crippen molar-refractivity contribution in [3.63, 3.8) is 0 Å². The first-order chi connectivity index (χ1) is 14.7. The summed E-state index contributed by atoms with van der Waals surface area (Å²) in [5.74, 6) is 1.84. The van der Waals surface area contributed by atoms with Gasteiger partial charge in [-0.05, 0) is 31.3 Å². The average Bonchev–Trinajstić information content (AvgIpc) is 3.44. The van der Waals surface area contributed by atoms with E-state index in [0.29, 0.717) is 0 Å². The number of benzene rings is 1. The Hall–Kier alpha value is -3.16. The van der Waals surface area contributed by atoms with E-state index >= 15 is 0 Å². The monoisotopic (exact) mass is 403 g/mol. The molecule has 5 rings (SSSR count). The third-order valence-corrected chi connectivity index (χ3v) is 5.87. The van der Waals surface area contributed by atoms with Crippen LogP contribution in [0.25, 0.3) is 16.6 Å². The number of rotatable bonds is 5. The molecule has 0 saturated carbocycles. The zero-order valence-electron chi connectivity index (χ0n) is 17.2. The minimum absolute atomic E-state index is 0.184. The smallest absolute Gasteiger partial charge is 0.126 e. The molecule has 4 aromatic rings. The van der Waals surface area contributed by atoms with Gasteiger partial charge in [0, 0.05) is 37.0 Å². The molecule has 3 aromatic heterocycles. The highest BCUT2D eigenvalue weighted by atomic mass is 16.5. The van der Waals surface area contributed by atoms with Gasteiger partial charge in [0.2, 0.25) is 0 Å². The van der Waals surface area contributed by atoms with Crippen molar-refractivity contribution in [1.82, 2.24) is 24.6 Å². The van der Waals surface area contributed by atoms with Crippen molar-refractivity contribution in [1.29, 1.82) is 0 Å². The van der Waals surface area contributed by atoms with Gasteiger partial charge < -0.3 is 9.15 Å². The third-order valence-electron chi connectivity index (χ3n) is 5.87. The number of fused-ring (bicyclic) bond motifs is 1. The molecule has 1 aliphatic rings. The molecule has 7 nitrogen and oxygen atoms in total. The normalized spacial score (nSPS) is 18.1. The predicted molar refractivity (Wildman–Crippen MR) is 114 cm³/mol. The highest BCUT2D eigenvalue weighted by Crippen LogP contribution is 2.31. The Kier molecular flexibility index (Phi) is 4.98. The molecule has 1 saturated heterocycles. The zero-order chi connectivity index (χ0) is 20.5. The highest BCUT2D eigenvalue weighted by molar-refractivity contribution is 5.71. The van der Waals surface area contributed by atoms with Crippen LogP contribution in [0.4, 0.5) is 0 Å². The molecule has 1 atom stereocenters. The van der Waals surface area contributed by atoms with E-state index in [1.54, 1.807) is 13.4 Å². The molecular formula is C23H25N5O2. The maximum Gasteiger partial charge on any atom is 0.126 e. The summed E-state index contributed by atoms with van der Waals surface area (Å²) in [5.41, 5.74) is 4.13. The largest absolute Gasteiger partial charge is 0.496 e. The van der Waals surface area contributed by atoms with Gasteiger partial charge in [-0.1, -0.05) is 29.5 Å². The van der Waals surface area contributed by atoms with Gasteiger partial charge in [-0.15, -0.1) is 5.10 Å². The number of hydrogen-bond acceptors (Lipinski definition) is 6. The van der Waals surface area contributed by atoms with Crippen LogP contribution in [0, 0.1) is 0 Å². The zero-order valence-corrected chi connectivity index (χ0v) is 17.2. The number of hydrogen-bond donors (Lipinski definition) is 0. The lowest BCUT2D eigenvalue weighted by Gasteiger charge is -2.38. The fourth-order valence-electron chi connectivity index (χ4n) is 4.19. The summed E-state index contributed by atoms with van der Waals surface area (Å²) in [7, 11) is 3.85. The fraction of sp³-hybridized carbons (Fsp3) is 0.304. The van der Waals surface area contributed by atoms with E-state index in [4.69, 9.17) is 9.15 Å². The van der Waals surface area contributed by atoms with Gasteiger partial charge in [0.25, 0.3) is 0 Å². The first-order valence-electron chi connectivity index (χ1n) is 10.2. The molecule has 154 valence electrons. The van der Waals surface area contributed by atoms with Crippen LogP contribution in [0.2, 0.25) is 0 Å². The van der Waals surface area contributed by atoms with Crippen molar-refractivity contribution >= 4 is 5.52 Å². The topological polar surface area (TPSA) is 59.0 Å². The van der Waals surface area contributed by atoms with Gasteiger partial charge in [0.05, 0.1) is 31.5 Å². The molecule has 7 heteroatoms. The van der Waals surface area contributed by atoms with Crippen LogP contribution >= 0.6 is 0 Å². The van der Waals surface area contributed by atoms with Crippen molar-refractivity contribution < 1.29 is 9.15 Å². The van der Waals surface area contributed by atoms with E-state index in [9.17, 15) is 0 Å². The number of piperazine rings is 1. The number of aromatic nitrogens is 3. The first kappa shape index (κ1) is 18.8. The maximum absolute atomic E-state index is 5.54. The van der Waals surface area contributed by atoms with Crippen molar-refractivity contribution in [2.45, 2.75) is 12.6 Å². The average molecular weight is 403 g/mol. The van der Waals surface area contributed by atoms with Crippen LogP contribution < -0.4 is 4.74 Å². The number of para-hydroxylation sites is 1. The van der Waals surface area contributed by atoms with E-state index in [1.807, 2.05) is 41.0 Å². The van der Waals surface area contributed by atoms with Crippen LogP contribution in [-0.4, -0.2) is 58.4 Å². The number of pyridine rings is 1. The second kappa shape index (κ2) is 7.93. The molecule has 0 radical (unpaired) electrons. The van der Waals surface area contributed by atoms with Gasteiger partial charge in [-0.25, -0.2) is 4.52 Å². The van der Waals surface area contributed by atoms with Crippen molar-refractivity contribution in [3.8, 4) is 16.9 Å². The minimum atomic E-state index is 0.184. The second-order valence-electron chi connectivity index (χ2n) is 7.73. The van der Waals surface area contributed by atoms with Crippen molar-refractivity contribution in [3.05, 3.63) is 72.4 Å². The summed E-state index contributed by atoms with van der Waals surface area (Å²) in [6.07, 6.45) is 3.75. The summed E-state index contributed by atoms with van der Waals surface area (Å²) >= 11 is 0. The Morgan fingerprint density at radius 1 is 1.10 bits per heavy atom. The van der Waals surface area contributed by atoms with Gasteiger partial charge >= 0.3 is 0 Å². The number of nitrogens with zero attached hydrogens (tertiary/aromatic N) is 5. The number of furan rings is 1. The maximum atomic E-state index is 5.54. The van der Waals surface area contributed by atoms with Crippen LogP contribution in [0.3, 0.4) is 0 Å². The standard InChI is InChI=1S/C23H25N5O2/c1-26-11-12-27(15-18-6-5-13-30-18)16-21(26)23-20-10-9-17(14-28(20)25-24-23)19-7-3-4-8-22(19)29-2/h3-10,13-14,21H,11-12,15-16H2,1-2H3. The quantitative estimate of drug-likeness (QED) is 0.508. The lowest BCUT2D eigenvalue weighted by Crippen LogP contribution is -2.46. The van der Waals surface area contributed by atoms with Crippen molar-refractivity contribution in [2.75, 3.05) is 33.8 Å². The SMILES string of the molecule is COc1ccccc1-c1ccc2c(C3CN(Cc4ccco4)CCN3C)nnn2c1. The Morgan fingerprint density at radius 3 is 2.83 bits per heavy atom. The molecule has 30 heavy (non-hydrogen) atoms. The van der Waals surface area contributed by atoms with Crippen LogP contribution in [0.15, 0.2) is 65.4 Å². The summed E-state index contributed by atoms with van der Waals surface area (Å²) in [6.45, 7) is 3.68. The molecule has 0 N–H and O–H groups in total. The number of ether oxygens (including phenoxy) is 1. The summed E-state index contributed by atoms with van der Waals surface area (Å²) in [5, 5.41) is 9.00. The lowest BCUT2D eigenvalue weighted by molar-refractivity contribution is 0.0840. The summed E-state index contributed by atoms with van der Waals surface area (Å²) < 4.78 is 12.9. The first-order valence-corrected chi connectivity index (χ1v) is 10.2. The Balaban J connectivity index is 1.44. The van der Waals surface area contributed by atoms with Gasteiger partial charge in [0.1, 0.15) is 17.2 Å². The Morgan fingerprint density at radius 2 is 2.00 bits per heavy atom.